The molecule has 1 aromatic carbocycles. The Hall–Kier alpha value is -0.390. The van der Waals surface area contributed by atoms with Crippen molar-refractivity contribution in [1.29, 1.82) is 0 Å². The van der Waals surface area contributed by atoms with Gasteiger partial charge in [0.25, 0.3) is 0 Å². The molecule has 0 amide bonds. The second kappa shape index (κ2) is 5.31. The molecular formula is C13H14Br2N2S. The highest BCUT2D eigenvalue weighted by Crippen LogP contribution is 2.37. The lowest BCUT2D eigenvalue weighted by atomic mass is 10.3. The number of nitrogens with zero attached hydrogens (tertiary/aromatic N) is 1. The molecule has 2 aromatic rings. The number of hydrogen-bond donors (Lipinski definition) is 1. The van der Waals surface area contributed by atoms with Gasteiger partial charge in [0.05, 0.1) is 5.69 Å². The van der Waals surface area contributed by atoms with Gasteiger partial charge < -0.3 is 5.73 Å². The first-order valence-corrected chi connectivity index (χ1v) is 8.24. The standard InChI is InChI=1S/C13H14Br2N2S/c1-7-4-12(16)17(8(7)2)13-10(15)5-9(14)6-11(13)18-3/h4-6H,16H2,1-3H3. The second-order valence-electron chi connectivity index (χ2n) is 4.11. The van der Waals surface area contributed by atoms with Gasteiger partial charge in [-0.3, -0.25) is 4.57 Å². The Balaban J connectivity index is 2.78. The molecule has 0 saturated heterocycles. The first-order valence-electron chi connectivity index (χ1n) is 5.43. The summed E-state index contributed by atoms with van der Waals surface area (Å²) in [5.74, 6) is 0.767. The molecule has 0 unspecified atom stereocenters. The molecule has 0 aliphatic carbocycles. The van der Waals surface area contributed by atoms with Gasteiger partial charge in [0, 0.05) is 19.5 Å². The maximum Gasteiger partial charge on any atom is 0.108 e. The van der Waals surface area contributed by atoms with Crippen LogP contribution in [0.3, 0.4) is 0 Å². The van der Waals surface area contributed by atoms with Gasteiger partial charge in [-0.1, -0.05) is 15.9 Å². The minimum atomic E-state index is 0.767. The van der Waals surface area contributed by atoms with Crippen molar-refractivity contribution in [2.45, 2.75) is 18.7 Å². The molecule has 1 aromatic heterocycles. The molecule has 2 rings (SSSR count). The Morgan fingerprint density at radius 1 is 1.17 bits per heavy atom. The summed E-state index contributed by atoms with van der Waals surface area (Å²) < 4.78 is 4.19. The number of nitrogen functional groups attached to an aromatic ring is 1. The molecule has 0 aliphatic heterocycles. The summed E-state index contributed by atoms with van der Waals surface area (Å²) in [6, 6.07) is 6.16. The van der Waals surface area contributed by atoms with Crippen LogP contribution in [0.1, 0.15) is 11.3 Å². The Morgan fingerprint density at radius 2 is 1.83 bits per heavy atom. The molecule has 18 heavy (non-hydrogen) atoms. The maximum absolute atomic E-state index is 6.13. The quantitative estimate of drug-likeness (QED) is 0.738. The molecule has 0 fully saturated rings. The number of thioether (sulfide) groups is 1. The van der Waals surface area contributed by atoms with E-state index >= 15 is 0 Å². The molecule has 0 radical (unpaired) electrons. The Kier molecular flexibility index (Phi) is 4.14. The van der Waals surface area contributed by atoms with E-state index < -0.39 is 0 Å². The van der Waals surface area contributed by atoms with Crippen molar-refractivity contribution < 1.29 is 0 Å². The van der Waals surface area contributed by atoms with Gasteiger partial charge in [0.1, 0.15) is 5.82 Å². The molecule has 0 bridgehead atoms. The van der Waals surface area contributed by atoms with Gasteiger partial charge in [0.15, 0.2) is 0 Å². The number of aromatic nitrogens is 1. The normalized spacial score (nSPS) is 10.9. The van der Waals surface area contributed by atoms with Crippen LogP contribution in [0.5, 0.6) is 0 Å². The van der Waals surface area contributed by atoms with E-state index in [-0.39, 0.29) is 0 Å². The third kappa shape index (κ3) is 2.36. The minimum absolute atomic E-state index is 0.767. The number of rotatable bonds is 2. The van der Waals surface area contributed by atoms with E-state index in [2.05, 4.69) is 62.6 Å². The Labute approximate surface area is 128 Å². The van der Waals surface area contributed by atoms with Crippen LogP contribution in [-0.2, 0) is 0 Å². The predicted octanol–water partition coefficient (Wildman–Crippen LogP) is 4.92. The average Bonchev–Trinajstić information content (AvgIpc) is 2.54. The molecule has 2 nitrogen and oxygen atoms in total. The van der Waals surface area contributed by atoms with E-state index in [1.165, 1.54) is 16.2 Å². The number of benzene rings is 1. The number of nitrogens with two attached hydrogens (primary N) is 1. The van der Waals surface area contributed by atoms with E-state index in [0.29, 0.717) is 0 Å². The van der Waals surface area contributed by atoms with Crippen LogP contribution in [-0.4, -0.2) is 10.8 Å². The van der Waals surface area contributed by atoms with Crippen LogP contribution < -0.4 is 5.73 Å². The van der Waals surface area contributed by atoms with Crippen LogP contribution in [0, 0.1) is 13.8 Å². The first-order chi connectivity index (χ1) is 8.45. The van der Waals surface area contributed by atoms with Crippen molar-refractivity contribution in [2.75, 3.05) is 12.0 Å². The third-order valence-electron chi connectivity index (χ3n) is 2.97. The molecule has 2 N–H and O–H groups in total. The SMILES string of the molecule is CSc1cc(Br)cc(Br)c1-n1c(N)cc(C)c1C. The van der Waals surface area contributed by atoms with Crippen molar-refractivity contribution in [2.24, 2.45) is 0 Å². The zero-order chi connectivity index (χ0) is 13.4. The summed E-state index contributed by atoms with van der Waals surface area (Å²) in [4.78, 5) is 1.18. The highest BCUT2D eigenvalue weighted by molar-refractivity contribution is 9.11. The topological polar surface area (TPSA) is 30.9 Å². The van der Waals surface area contributed by atoms with Crippen LogP contribution in [0.15, 0.2) is 32.0 Å². The van der Waals surface area contributed by atoms with Gasteiger partial charge >= 0.3 is 0 Å². The van der Waals surface area contributed by atoms with E-state index in [1.807, 2.05) is 12.1 Å². The molecule has 5 heteroatoms. The van der Waals surface area contributed by atoms with Crippen molar-refractivity contribution in [1.82, 2.24) is 4.57 Å². The highest BCUT2D eigenvalue weighted by atomic mass is 79.9. The lowest BCUT2D eigenvalue weighted by molar-refractivity contribution is 0.981. The number of aryl methyl sites for hydroxylation is 1. The minimum Gasteiger partial charge on any atom is -0.385 e. The van der Waals surface area contributed by atoms with Crippen molar-refractivity contribution in [3.63, 3.8) is 0 Å². The van der Waals surface area contributed by atoms with Gasteiger partial charge in [-0.2, -0.15) is 0 Å². The second-order valence-corrected chi connectivity index (χ2v) is 6.73. The zero-order valence-electron chi connectivity index (χ0n) is 10.4. The monoisotopic (exact) mass is 388 g/mol. The molecule has 0 saturated carbocycles. The highest BCUT2D eigenvalue weighted by Gasteiger charge is 2.15. The van der Waals surface area contributed by atoms with Crippen LogP contribution in [0.2, 0.25) is 0 Å². The number of halogens is 2. The molecule has 1 heterocycles. The largest absolute Gasteiger partial charge is 0.385 e. The zero-order valence-corrected chi connectivity index (χ0v) is 14.4. The predicted molar refractivity (Wildman–Crippen MR) is 86.8 cm³/mol. The molecule has 0 spiro atoms. The van der Waals surface area contributed by atoms with E-state index in [1.54, 1.807) is 11.8 Å². The summed E-state index contributed by atoms with van der Waals surface area (Å²) in [7, 11) is 0. The van der Waals surface area contributed by atoms with E-state index in [4.69, 9.17) is 5.73 Å². The lowest BCUT2D eigenvalue weighted by Gasteiger charge is -2.16. The summed E-state index contributed by atoms with van der Waals surface area (Å²) in [5, 5.41) is 0. The molecule has 96 valence electrons. The molecular weight excluding hydrogens is 376 g/mol. The van der Waals surface area contributed by atoms with Gasteiger partial charge in [-0.05, 0) is 59.8 Å². The van der Waals surface area contributed by atoms with Gasteiger partial charge in [-0.15, -0.1) is 11.8 Å². The first kappa shape index (κ1) is 14.0. The Bertz CT molecular complexity index is 606. The fraction of sp³-hybridized carbons (Fsp3) is 0.231. The fourth-order valence-electron chi connectivity index (χ4n) is 1.97. The summed E-state index contributed by atoms with van der Waals surface area (Å²) in [5.41, 5.74) is 9.61. The van der Waals surface area contributed by atoms with Crippen molar-refractivity contribution >= 4 is 49.4 Å². The summed E-state index contributed by atoms with van der Waals surface area (Å²) >= 11 is 8.86. The van der Waals surface area contributed by atoms with Gasteiger partial charge in [0.2, 0.25) is 0 Å². The summed E-state index contributed by atoms with van der Waals surface area (Å²) in [6.45, 7) is 4.16. The van der Waals surface area contributed by atoms with E-state index in [9.17, 15) is 0 Å². The van der Waals surface area contributed by atoms with Crippen LogP contribution in [0.4, 0.5) is 5.82 Å². The number of anilines is 1. The lowest BCUT2D eigenvalue weighted by Crippen LogP contribution is -2.04. The van der Waals surface area contributed by atoms with Crippen molar-refractivity contribution in [3.05, 3.63) is 38.4 Å². The maximum atomic E-state index is 6.13. The average molecular weight is 390 g/mol. The Morgan fingerprint density at radius 3 is 2.33 bits per heavy atom. The van der Waals surface area contributed by atoms with Crippen LogP contribution >= 0.6 is 43.6 Å². The smallest absolute Gasteiger partial charge is 0.108 e. The number of hydrogen-bond acceptors (Lipinski definition) is 2. The summed E-state index contributed by atoms with van der Waals surface area (Å²) in [6.07, 6.45) is 2.07. The van der Waals surface area contributed by atoms with Crippen LogP contribution in [0.25, 0.3) is 5.69 Å². The van der Waals surface area contributed by atoms with Crippen molar-refractivity contribution in [3.8, 4) is 5.69 Å². The molecule has 0 aliphatic rings. The van der Waals surface area contributed by atoms with E-state index in [0.717, 1.165) is 20.5 Å². The fourth-order valence-corrected chi connectivity index (χ4v) is 4.30. The van der Waals surface area contributed by atoms with Gasteiger partial charge in [-0.25, -0.2) is 0 Å². The molecule has 0 atom stereocenters. The third-order valence-corrected chi connectivity index (χ3v) is 4.78.